The van der Waals surface area contributed by atoms with E-state index in [1.165, 1.54) is 16.9 Å². The molecular formula is C13H16OS. The van der Waals surface area contributed by atoms with Gasteiger partial charge in [0.25, 0.3) is 0 Å². The van der Waals surface area contributed by atoms with Crippen LogP contribution in [0.4, 0.5) is 0 Å². The number of ether oxygens (including phenoxy) is 1. The number of thioether (sulfide) groups is 1. The Hall–Kier alpha value is -0.730. The highest BCUT2D eigenvalue weighted by atomic mass is 32.2. The van der Waals surface area contributed by atoms with Crippen molar-refractivity contribution in [1.29, 1.82) is 0 Å². The Morgan fingerprint density at radius 1 is 1.33 bits per heavy atom. The minimum absolute atomic E-state index is 0.616. The minimum Gasteiger partial charge on any atom is -0.381 e. The zero-order valence-corrected chi connectivity index (χ0v) is 9.80. The van der Waals surface area contributed by atoms with Gasteiger partial charge in [-0.3, -0.25) is 0 Å². The molecule has 0 aromatic heterocycles. The van der Waals surface area contributed by atoms with Crippen LogP contribution < -0.4 is 0 Å². The zero-order chi connectivity index (χ0) is 10.5. The molecule has 1 aliphatic heterocycles. The van der Waals surface area contributed by atoms with Crippen molar-refractivity contribution in [2.45, 2.75) is 11.3 Å². The highest BCUT2D eigenvalue weighted by Crippen LogP contribution is 2.18. The maximum absolute atomic E-state index is 5.33. The van der Waals surface area contributed by atoms with Gasteiger partial charge >= 0.3 is 0 Å². The van der Waals surface area contributed by atoms with Crippen LogP contribution in [0.25, 0.3) is 6.08 Å². The van der Waals surface area contributed by atoms with Crippen LogP contribution >= 0.6 is 11.8 Å². The first-order valence-corrected chi connectivity index (χ1v) is 6.51. The quantitative estimate of drug-likeness (QED) is 0.721. The van der Waals surface area contributed by atoms with Gasteiger partial charge in [0.2, 0.25) is 0 Å². The summed E-state index contributed by atoms with van der Waals surface area (Å²) in [6.07, 6.45) is 7.73. The average Bonchev–Trinajstić information content (AvgIpc) is 2.80. The van der Waals surface area contributed by atoms with Crippen molar-refractivity contribution >= 4 is 17.8 Å². The third kappa shape index (κ3) is 3.11. The first kappa shape index (κ1) is 10.8. The lowest BCUT2D eigenvalue weighted by atomic mass is 10.1. The van der Waals surface area contributed by atoms with E-state index in [2.05, 4.69) is 42.7 Å². The Kier molecular flexibility index (Phi) is 3.87. The second-order valence-corrected chi connectivity index (χ2v) is 4.64. The summed E-state index contributed by atoms with van der Waals surface area (Å²) in [5.74, 6) is 0.616. The highest BCUT2D eigenvalue weighted by Gasteiger charge is 2.11. The molecule has 0 bridgehead atoms. The molecule has 1 aromatic rings. The summed E-state index contributed by atoms with van der Waals surface area (Å²) in [5, 5.41) is 0. The highest BCUT2D eigenvalue weighted by molar-refractivity contribution is 7.98. The molecule has 1 aliphatic rings. The van der Waals surface area contributed by atoms with Crippen molar-refractivity contribution in [3.63, 3.8) is 0 Å². The van der Waals surface area contributed by atoms with Gasteiger partial charge in [0.15, 0.2) is 0 Å². The Morgan fingerprint density at radius 2 is 2.13 bits per heavy atom. The van der Waals surface area contributed by atoms with Gasteiger partial charge in [-0.1, -0.05) is 24.3 Å². The normalized spacial score (nSPS) is 21.3. The summed E-state index contributed by atoms with van der Waals surface area (Å²) in [7, 11) is 0. The standard InChI is InChI=1S/C13H16OS/c1-15-13-6-4-11(5-7-13)2-3-12-8-9-14-10-12/h2-7,12H,8-10H2,1H3/b3-2+. The monoisotopic (exact) mass is 220 g/mol. The summed E-state index contributed by atoms with van der Waals surface area (Å²) in [6.45, 7) is 1.81. The predicted octanol–water partition coefficient (Wildman–Crippen LogP) is 3.46. The molecule has 80 valence electrons. The molecule has 0 saturated carbocycles. The summed E-state index contributed by atoms with van der Waals surface area (Å²) in [4.78, 5) is 1.32. The van der Waals surface area contributed by atoms with Crippen LogP contribution in [0.3, 0.4) is 0 Å². The first-order valence-electron chi connectivity index (χ1n) is 5.28. The zero-order valence-electron chi connectivity index (χ0n) is 8.98. The van der Waals surface area contributed by atoms with E-state index >= 15 is 0 Å². The molecule has 2 rings (SSSR count). The molecule has 1 unspecified atom stereocenters. The van der Waals surface area contributed by atoms with E-state index < -0.39 is 0 Å². The Balaban J connectivity index is 1.97. The Labute approximate surface area is 95.5 Å². The molecule has 0 N–H and O–H groups in total. The minimum atomic E-state index is 0.616. The number of hydrogen-bond acceptors (Lipinski definition) is 2. The smallest absolute Gasteiger partial charge is 0.0529 e. The molecule has 15 heavy (non-hydrogen) atoms. The van der Waals surface area contributed by atoms with Crippen molar-refractivity contribution in [1.82, 2.24) is 0 Å². The van der Waals surface area contributed by atoms with Crippen LogP contribution in [0.15, 0.2) is 35.2 Å². The van der Waals surface area contributed by atoms with Gasteiger partial charge in [0.1, 0.15) is 0 Å². The fraction of sp³-hybridized carbons (Fsp3) is 0.385. The summed E-state index contributed by atoms with van der Waals surface area (Å²) in [5.41, 5.74) is 1.28. The van der Waals surface area contributed by atoms with Gasteiger partial charge in [-0.25, -0.2) is 0 Å². The Morgan fingerprint density at radius 3 is 2.73 bits per heavy atom. The second-order valence-electron chi connectivity index (χ2n) is 3.76. The van der Waals surface area contributed by atoms with Gasteiger partial charge in [-0.2, -0.15) is 0 Å². The van der Waals surface area contributed by atoms with E-state index in [-0.39, 0.29) is 0 Å². The lowest BCUT2D eigenvalue weighted by Gasteiger charge is -2.00. The molecule has 0 aliphatic carbocycles. The lowest BCUT2D eigenvalue weighted by molar-refractivity contribution is 0.191. The third-order valence-electron chi connectivity index (χ3n) is 2.64. The first-order chi connectivity index (χ1) is 7.38. The van der Waals surface area contributed by atoms with E-state index in [1.54, 1.807) is 11.8 Å². The lowest BCUT2D eigenvalue weighted by Crippen LogP contribution is -1.92. The van der Waals surface area contributed by atoms with Crippen molar-refractivity contribution in [3.05, 3.63) is 35.9 Å². The number of rotatable bonds is 3. The van der Waals surface area contributed by atoms with E-state index in [9.17, 15) is 0 Å². The van der Waals surface area contributed by atoms with Crippen molar-refractivity contribution < 1.29 is 4.74 Å². The van der Waals surface area contributed by atoms with Gasteiger partial charge in [-0.05, 0) is 30.4 Å². The molecule has 1 atom stereocenters. The predicted molar refractivity (Wildman–Crippen MR) is 66.2 cm³/mol. The van der Waals surface area contributed by atoms with Crippen LogP contribution in [0.1, 0.15) is 12.0 Å². The van der Waals surface area contributed by atoms with Crippen LogP contribution in [0.2, 0.25) is 0 Å². The van der Waals surface area contributed by atoms with Gasteiger partial charge < -0.3 is 4.74 Å². The maximum Gasteiger partial charge on any atom is 0.0529 e. The molecule has 0 radical (unpaired) electrons. The van der Waals surface area contributed by atoms with Crippen LogP contribution in [-0.4, -0.2) is 19.5 Å². The molecule has 1 fully saturated rings. The third-order valence-corrected chi connectivity index (χ3v) is 3.39. The number of benzene rings is 1. The summed E-state index contributed by atoms with van der Waals surface area (Å²) in [6, 6.07) is 8.65. The Bertz CT molecular complexity index is 323. The molecule has 1 saturated heterocycles. The van der Waals surface area contributed by atoms with E-state index in [0.717, 1.165) is 13.2 Å². The molecule has 1 heterocycles. The molecular weight excluding hydrogens is 204 g/mol. The van der Waals surface area contributed by atoms with Crippen LogP contribution in [0, 0.1) is 5.92 Å². The number of hydrogen-bond donors (Lipinski definition) is 0. The van der Waals surface area contributed by atoms with Crippen molar-refractivity contribution in [3.8, 4) is 0 Å². The summed E-state index contributed by atoms with van der Waals surface area (Å²) >= 11 is 1.78. The van der Waals surface area contributed by atoms with Crippen LogP contribution in [0.5, 0.6) is 0 Å². The van der Waals surface area contributed by atoms with Gasteiger partial charge in [-0.15, -0.1) is 11.8 Å². The van der Waals surface area contributed by atoms with Crippen molar-refractivity contribution in [2.24, 2.45) is 5.92 Å². The maximum atomic E-state index is 5.33. The van der Waals surface area contributed by atoms with E-state index in [4.69, 9.17) is 4.74 Å². The average molecular weight is 220 g/mol. The molecule has 2 heteroatoms. The fourth-order valence-corrected chi connectivity index (χ4v) is 2.07. The SMILES string of the molecule is CSc1ccc(/C=C/C2CCOC2)cc1. The molecule has 1 nitrogen and oxygen atoms in total. The summed E-state index contributed by atoms with van der Waals surface area (Å²) < 4.78 is 5.33. The van der Waals surface area contributed by atoms with Gasteiger partial charge in [0.05, 0.1) is 6.61 Å². The molecule has 0 amide bonds. The molecule has 1 aromatic carbocycles. The fourth-order valence-electron chi connectivity index (χ4n) is 1.67. The second kappa shape index (κ2) is 5.38. The van der Waals surface area contributed by atoms with Crippen molar-refractivity contribution in [2.75, 3.05) is 19.5 Å². The van der Waals surface area contributed by atoms with Gasteiger partial charge in [0, 0.05) is 17.4 Å². The van der Waals surface area contributed by atoms with E-state index in [1.807, 2.05) is 0 Å². The van der Waals surface area contributed by atoms with Crippen LogP contribution in [-0.2, 0) is 4.74 Å². The topological polar surface area (TPSA) is 9.23 Å². The molecule has 0 spiro atoms. The van der Waals surface area contributed by atoms with E-state index in [0.29, 0.717) is 5.92 Å². The largest absolute Gasteiger partial charge is 0.381 e.